The standard InChI is InChI=1S/C24H23N3O2.ClH/c1-28-22-14-20-21(15-23(22)29-2)25-16-26-24(20)27-19-12-10-18(11-13-19)9-8-17-6-4-3-5-7-17;/h3-7,10-16H,8-9H2,1-2H3,(H,25,26,27);1H. The molecular formula is C24H24ClN3O2. The highest BCUT2D eigenvalue weighted by Crippen LogP contribution is 2.34. The molecule has 1 N–H and O–H groups in total. The molecule has 0 saturated carbocycles. The summed E-state index contributed by atoms with van der Waals surface area (Å²) in [5.74, 6) is 2.02. The van der Waals surface area contributed by atoms with Crippen molar-refractivity contribution in [1.29, 1.82) is 0 Å². The zero-order chi connectivity index (χ0) is 20.1. The van der Waals surface area contributed by atoms with E-state index in [2.05, 4.69) is 63.8 Å². The average molecular weight is 422 g/mol. The minimum atomic E-state index is 0. The zero-order valence-corrected chi connectivity index (χ0v) is 17.8. The van der Waals surface area contributed by atoms with Crippen molar-refractivity contribution in [2.75, 3.05) is 19.5 Å². The smallest absolute Gasteiger partial charge is 0.162 e. The first kappa shape index (κ1) is 21.4. The minimum absolute atomic E-state index is 0. The van der Waals surface area contributed by atoms with Gasteiger partial charge in [0.1, 0.15) is 12.1 Å². The van der Waals surface area contributed by atoms with Gasteiger partial charge < -0.3 is 14.8 Å². The Kier molecular flexibility index (Phi) is 7.09. The van der Waals surface area contributed by atoms with E-state index in [0.29, 0.717) is 11.5 Å². The van der Waals surface area contributed by atoms with Gasteiger partial charge in [-0.2, -0.15) is 0 Å². The maximum atomic E-state index is 5.42. The SMILES string of the molecule is COc1cc2ncnc(Nc3ccc(CCc4ccccc4)cc3)c2cc1OC.Cl. The fourth-order valence-corrected chi connectivity index (χ4v) is 3.31. The van der Waals surface area contributed by atoms with Gasteiger partial charge in [0.15, 0.2) is 11.5 Å². The van der Waals surface area contributed by atoms with Gasteiger partial charge in [-0.3, -0.25) is 0 Å². The van der Waals surface area contributed by atoms with Crippen molar-refractivity contribution in [3.63, 3.8) is 0 Å². The lowest BCUT2D eigenvalue weighted by Crippen LogP contribution is -1.98. The highest BCUT2D eigenvalue weighted by molar-refractivity contribution is 5.93. The molecule has 0 aliphatic carbocycles. The Bertz CT molecular complexity index is 1100. The second kappa shape index (κ2) is 9.94. The maximum Gasteiger partial charge on any atom is 0.162 e. The third kappa shape index (κ3) is 4.81. The lowest BCUT2D eigenvalue weighted by molar-refractivity contribution is 0.356. The van der Waals surface area contributed by atoms with Crippen LogP contribution >= 0.6 is 12.4 Å². The number of aromatic nitrogens is 2. The van der Waals surface area contributed by atoms with Crippen molar-refractivity contribution in [2.24, 2.45) is 0 Å². The van der Waals surface area contributed by atoms with E-state index in [-0.39, 0.29) is 12.4 Å². The summed E-state index contributed by atoms with van der Waals surface area (Å²) in [6.07, 6.45) is 3.59. The van der Waals surface area contributed by atoms with Crippen LogP contribution in [0.4, 0.5) is 11.5 Å². The van der Waals surface area contributed by atoms with E-state index in [9.17, 15) is 0 Å². The van der Waals surface area contributed by atoms with Gasteiger partial charge >= 0.3 is 0 Å². The largest absolute Gasteiger partial charge is 0.493 e. The Balaban J connectivity index is 0.00000256. The van der Waals surface area contributed by atoms with Gasteiger partial charge in [0.2, 0.25) is 0 Å². The van der Waals surface area contributed by atoms with Crippen LogP contribution in [0.1, 0.15) is 11.1 Å². The summed E-state index contributed by atoms with van der Waals surface area (Å²) in [6, 6.07) is 22.8. The molecule has 0 aliphatic rings. The zero-order valence-electron chi connectivity index (χ0n) is 17.0. The third-order valence-electron chi connectivity index (χ3n) is 4.90. The summed E-state index contributed by atoms with van der Waals surface area (Å²) in [6.45, 7) is 0. The summed E-state index contributed by atoms with van der Waals surface area (Å²) in [5.41, 5.74) is 4.42. The monoisotopic (exact) mass is 421 g/mol. The van der Waals surface area contributed by atoms with Crippen LogP contribution in [0.5, 0.6) is 11.5 Å². The Morgan fingerprint density at radius 1 is 0.767 bits per heavy atom. The lowest BCUT2D eigenvalue weighted by atomic mass is 10.0. The molecule has 4 aromatic rings. The van der Waals surface area contributed by atoms with Gasteiger partial charge in [0.05, 0.1) is 19.7 Å². The Hall–Kier alpha value is -3.31. The van der Waals surface area contributed by atoms with Crippen molar-refractivity contribution < 1.29 is 9.47 Å². The van der Waals surface area contributed by atoms with Crippen LogP contribution in [0.2, 0.25) is 0 Å². The molecule has 5 nitrogen and oxygen atoms in total. The number of anilines is 2. The molecule has 1 heterocycles. The molecule has 3 aromatic carbocycles. The number of rotatable bonds is 7. The summed E-state index contributed by atoms with van der Waals surface area (Å²) in [7, 11) is 3.23. The van der Waals surface area contributed by atoms with Crippen molar-refractivity contribution in [3.05, 3.63) is 84.2 Å². The number of methoxy groups -OCH3 is 2. The summed E-state index contributed by atoms with van der Waals surface area (Å²) >= 11 is 0. The van der Waals surface area contributed by atoms with Crippen LogP contribution in [0, 0.1) is 0 Å². The molecule has 0 aliphatic heterocycles. The number of nitrogens with one attached hydrogen (secondary N) is 1. The second-order valence-corrected chi connectivity index (χ2v) is 6.75. The van der Waals surface area contributed by atoms with Crippen molar-refractivity contribution in [3.8, 4) is 11.5 Å². The summed E-state index contributed by atoms with van der Waals surface area (Å²) in [4.78, 5) is 8.76. The van der Waals surface area contributed by atoms with Gasteiger partial charge in [-0.25, -0.2) is 9.97 Å². The highest BCUT2D eigenvalue weighted by atomic mass is 35.5. The molecule has 0 radical (unpaired) electrons. The van der Waals surface area contributed by atoms with Crippen molar-refractivity contribution in [2.45, 2.75) is 12.8 Å². The lowest BCUT2D eigenvalue weighted by Gasteiger charge is -2.12. The molecule has 0 fully saturated rings. The number of fused-ring (bicyclic) bond motifs is 1. The molecule has 1 aromatic heterocycles. The summed E-state index contributed by atoms with van der Waals surface area (Å²) in [5, 5.41) is 4.26. The quantitative estimate of drug-likeness (QED) is 0.421. The maximum absolute atomic E-state index is 5.42. The fourth-order valence-electron chi connectivity index (χ4n) is 3.31. The number of hydrogen-bond acceptors (Lipinski definition) is 5. The predicted octanol–water partition coefficient (Wildman–Crippen LogP) is 5.60. The molecule has 6 heteroatoms. The van der Waals surface area contributed by atoms with Gasteiger partial charge in [-0.1, -0.05) is 42.5 Å². The van der Waals surface area contributed by atoms with Gasteiger partial charge in [0.25, 0.3) is 0 Å². The minimum Gasteiger partial charge on any atom is -0.493 e. The van der Waals surface area contributed by atoms with Crippen molar-refractivity contribution in [1.82, 2.24) is 9.97 Å². The second-order valence-electron chi connectivity index (χ2n) is 6.75. The molecule has 30 heavy (non-hydrogen) atoms. The Morgan fingerprint density at radius 3 is 2.07 bits per heavy atom. The van der Waals surface area contributed by atoms with Crippen molar-refractivity contribution >= 4 is 34.8 Å². The number of ether oxygens (including phenoxy) is 2. The van der Waals surface area contributed by atoms with E-state index < -0.39 is 0 Å². The number of halogens is 1. The van der Waals surface area contributed by atoms with E-state index in [1.54, 1.807) is 20.5 Å². The first-order valence-corrected chi connectivity index (χ1v) is 9.53. The van der Waals surface area contributed by atoms with Crippen LogP contribution in [0.15, 0.2) is 73.1 Å². The Morgan fingerprint density at radius 2 is 1.40 bits per heavy atom. The number of benzene rings is 3. The molecule has 0 unspecified atom stereocenters. The highest BCUT2D eigenvalue weighted by Gasteiger charge is 2.11. The number of nitrogens with zero attached hydrogens (tertiary/aromatic N) is 2. The van der Waals surface area contributed by atoms with Crippen LogP contribution < -0.4 is 14.8 Å². The third-order valence-corrected chi connectivity index (χ3v) is 4.90. The number of hydrogen-bond donors (Lipinski definition) is 1. The molecule has 0 bridgehead atoms. The predicted molar refractivity (Wildman–Crippen MR) is 123 cm³/mol. The molecule has 0 spiro atoms. The fraction of sp³-hybridized carbons (Fsp3) is 0.167. The first-order valence-electron chi connectivity index (χ1n) is 9.53. The average Bonchev–Trinajstić information content (AvgIpc) is 2.78. The normalized spacial score (nSPS) is 10.3. The van der Waals surface area contributed by atoms with Crippen LogP contribution in [0.25, 0.3) is 10.9 Å². The van der Waals surface area contributed by atoms with E-state index in [0.717, 1.165) is 35.2 Å². The Labute approximate surface area is 182 Å². The molecule has 0 saturated heterocycles. The van der Waals surface area contributed by atoms with E-state index in [4.69, 9.17) is 9.47 Å². The van der Waals surface area contributed by atoms with Gasteiger partial charge in [0, 0.05) is 17.1 Å². The van der Waals surface area contributed by atoms with Crippen LogP contribution in [-0.2, 0) is 12.8 Å². The number of aryl methyl sites for hydroxylation is 2. The molecule has 154 valence electrons. The van der Waals surface area contributed by atoms with Crippen LogP contribution in [0.3, 0.4) is 0 Å². The van der Waals surface area contributed by atoms with E-state index in [1.165, 1.54) is 11.1 Å². The summed E-state index contributed by atoms with van der Waals surface area (Å²) < 4.78 is 10.8. The van der Waals surface area contributed by atoms with Crippen LogP contribution in [-0.4, -0.2) is 24.2 Å². The molecule has 0 amide bonds. The van der Waals surface area contributed by atoms with Gasteiger partial charge in [-0.15, -0.1) is 12.4 Å². The first-order chi connectivity index (χ1) is 14.3. The molecule has 0 atom stereocenters. The molecular weight excluding hydrogens is 398 g/mol. The van der Waals surface area contributed by atoms with E-state index in [1.807, 2.05) is 18.2 Å². The topological polar surface area (TPSA) is 56.3 Å². The van der Waals surface area contributed by atoms with Gasteiger partial charge in [-0.05, 0) is 42.2 Å². The molecule has 4 rings (SSSR count). The van der Waals surface area contributed by atoms with E-state index >= 15 is 0 Å².